The van der Waals surface area contributed by atoms with Gasteiger partial charge in [-0.3, -0.25) is 0 Å². The van der Waals surface area contributed by atoms with E-state index in [9.17, 15) is 9.59 Å². The Balaban J connectivity index is -0.000000256. The summed E-state index contributed by atoms with van der Waals surface area (Å²) < 4.78 is 4.16. The quantitative estimate of drug-likeness (QED) is 0.407. The van der Waals surface area contributed by atoms with Gasteiger partial charge < -0.3 is 20.1 Å². The maximum absolute atomic E-state index is 9.66. The standard InChI is InChI=1S/C8H18O.C4H6O5.Na.H/c1-2-3-4-5-6-7-8-9;5-3(6)1-9-2-4(7)8;;/h9H,2-8H2,1H3;1-2H2,(H,5,6)(H,7,8);;. The number of aliphatic hydroxyl groups excluding tert-OH is 1. The zero-order valence-corrected chi connectivity index (χ0v) is 10.9. The number of carbonyl (C=O) groups is 2. The van der Waals surface area contributed by atoms with Crippen LogP contribution in [0.25, 0.3) is 0 Å². The van der Waals surface area contributed by atoms with Gasteiger partial charge in [0.1, 0.15) is 13.2 Å². The predicted molar refractivity (Wildman–Crippen MR) is 73.7 cm³/mol. The van der Waals surface area contributed by atoms with Gasteiger partial charge in [-0.15, -0.1) is 0 Å². The van der Waals surface area contributed by atoms with Crippen molar-refractivity contribution in [2.24, 2.45) is 0 Å². The van der Waals surface area contributed by atoms with Gasteiger partial charge in [0.15, 0.2) is 0 Å². The zero-order chi connectivity index (χ0) is 14.2. The summed E-state index contributed by atoms with van der Waals surface area (Å²) in [5, 5.41) is 24.2. The molecule has 6 nitrogen and oxygen atoms in total. The number of aliphatic hydroxyl groups is 1. The molecule has 0 heterocycles. The molecule has 7 heteroatoms. The summed E-state index contributed by atoms with van der Waals surface area (Å²) in [5.74, 6) is -2.34. The fourth-order valence-electron chi connectivity index (χ4n) is 1.12. The van der Waals surface area contributed by atoms with Crippen LogP contribution in [0.2, 0.25) is 0 Å². The van der Waals surface area contributed by atoms with Crippen LogP contribution in [-0.4, -0.2) is 76.6 Å². The van der Waals surface area contributed by atoms with E-state index in [4.69, 9.17) is 15.3 Å². The number of carboxylic acid groups (broad SMARTS) is 2. The molecule has 110 valence electrons. The summed E-state index contributed by atoms with van der Waals surface area (Å²) in [4.78, 5) is 19.3. The summed E-state index contributed by atoms with van der Waals surface area (Å²) in [6.07, 6.45) is 7.50. The van der Waals surface area contributed by atoms with Gasteiger partial charge in [-0.1, -0.05) is 39.0 Å². The molecule has 0 aromatic rings. The van der Waals surface area contributed by atoms with Crippen LogP contribution in [0.4, 0.5) is 0 Å². The predicted octanol–water partition coefficient (Wildman–Crippen LogP) is 0.863. The van der Waals surface area contributed by atoms with Crippen molar-refractivity contribution in [3.63, 3.8) is 0 Å². The normalized spacial score (nSPS) is 8.95. The molecule has 0 aliphatic rings. The van der Waals surface area contributed by atoms with E-state index in [1.54, 1.807) is 0 Å². The van der Waals surface area contributed by atoms with Crippen LogP contribution in [0.5, 0.6) is 0 Å². The van der Waals surface area contributed by atoms with Crippen molar-refractivity contribution in [1.29, 1.82) is 0 Å². The Morgan fingerprint density at radius 3 is 1.68 bits per heavy atom. The molecule has 0 unspecified atom stereocenters. The molecular formula is C12H25NaO6. The number of ether oxygens (including phenoxy) is 1. The molecule has 0 saturated carbocycles. The van der Waals surface area contributed by atoms with E-state index in [1.165, 1.54) is 32.1 Å². The monoisotopic (exact) mass is 288 g/mol. The second kappa shape index (κ2) is 20.2. The average Bonchev–Trinajstić information content (AvgIpc) is 2.29. The summed E-state index contributed by atoms with van der Waals surface area (Å²) in [5.41, 5.74) is 0. The maximum atomic E-state index is 9.66. The van der Waals surface area contributed by atoms with Crippen LogP contribution in [0.15, 0.2) is 0 Å². The van der Waals surface area contributed by atoms with E-state index in [0.29, 0.717) is 6.61 Å². The molecular weight excluding hydrogens is 263 g/mol. The van der Waals surface area contributed by atoms with E-state index >= 15 is 0 Å². The molecule has 0 radical (unpaired) electrons. The fraction of sp³-hybridized carbons (Fsp3) is 0.833. The molecule has 0 aliphatic carbocycles. The Hall–Kier alpha value is -0.140. The third-order valence-corrected chi connectivity index (χ3v) is 1.96. The van der Waals surface area contributed by atoms with Gasteiger partial charge in [-0.05, 0) is 6.42 Å². The first-order chi connectivity index (χ1) is 8.54. The van der Waals surface area contributed by atoms with Crippen molar-refractivity contribution in [3.8, 4) is 0 Å². The Morgan fingerprint density at radius 1 is 0.895 bits per heavy atom. The first-order valence-electron chi connectivity index (χ1n) is 6.16. The van der Waals surface area contributed by atoms with Gasteiger partial charge in [-0.25, -0.2) is 9.59 Å². The molecule has 0 bridgehead atoms. The van der Waals surface area contributed by atoms with Gasteiger partial charge in [0, 0.05) is 6.61 Å². The topological polar surface area (TPSA) is 104 Å². The first kappa shape index (κ1) is 23.9. The van der Waals surface area contributed by atoms with E-state index in [-0.39, 0.29) is 29.6 Å². The number of hydrogen-bond donors (Lipinski definition) is 3. The summed E-state index contributed by atoms with van der Waals surface area (Å²) in [6, 6.07) is 0. The van der Waals surface area contributed by atoms with Gasteiger partial charge >= 0.3 is 41.5 Å². The number of hydrogen-bond acceptors (Lipinski definition) is 4. The number of unbranched alkanes of at least 4 members (excludes halogenated alkanes) is 5. The molecule has 0 aromatic heterocycles. The number of aliphatic carboxylic acids is 2. The minimum atomic E-state index is -1.17. The molecule has 0 amide bonds. The molecule has 19 heavy (non-hydrogen) atoms. The second-order valence-electron chi connectivity index (χ2n) is 3.77. The van der Waals surface area contributed by atoms with Gasteiger partial charge in [0.25, 0.3) is 0 Å². The Morgan fingerprint density at radius 2 is 1.32 bits per heavy atom. The van der Waals surface area contributed by atoms with Crippen LogP contribution in [0.1, 0.15) is 45.4 Å². The Bertz CT molecular complexity index is 190. The Labute approximate surface area is 136 Å². The third kappa shape index (κ3) is 31.9. The van der Waals surface area contributed by atoms with Crippen LogP contribution in [-0.2, 0) is 14.3 Å². The summed E-state index contributed by atoms with van der Waals surface area (Å²) in [7, 11) is 0. The zero-order valence-electron chi connectivity index (χ0n) is 10.9. The van der Waals surface area contributed by atoms with Crippen molar-refractivity contribution in [3.05, 3.63) is 0 Å². The molecule has 0 aromatic carbocycles. The van der Waals surface area contributed by atoms with Crippen LogP contribution in [0, 0.1) is 0 Å². The number of rotatable bonds is 10. The van der Waals surface area contributed by atoms with Crippen molar-refractivity contribution in [2.75, 3.05) is 19.8 Å². The van der Waals surface area contributed by atoms with Crippen molar-refractivity contribution in [2.45, 2.75) is 45.4 Å². The summed E-state index contributed by atoms with van der Waals surface area (Å²) in [6.45, 7) is 1.46. The molecule has 0 aliphatic heterocycles. The average molecular weight is 288 g/mol. The van der Waals surface area contributed by atoms with Crippen LogP contribution < -0.4 is 0 Å². The van der Waals surface area contributed by atoms with E-state index in [1.807, 2.05) is 0 Å². The SMILES string of the molecule is CCCCCCCCO.O=C(O)COCC(=O)O.[NaH]. The van der Waals surface area contributed by atoms with Gasteiger partial charge in [0.2, 0.25) is 0 Å². The van der Waals surface area contributed by atoms with Gasteiger partial charge in [-0.2, -0.15) is 0 Å². The van der Waals surface area contributed by atoms with Crippen LogP contribution >= 0.6 is 0 Å². The van der Waals surface area contributed by atoms with Gasteiger partial charge in [0.05, 0.1) is 0 Å². The summed E-state index contributed by atoms with van der Waals surface area (Å²) >= 11 is 0. The molecule has 0 rings (SSSR count). The molecule has 0 atom stereocenters. The second-order valence-corrected chi connectivity index (χ2v) is 3.77. The van der Waals surface area contributed by atoms with Crippen LogP contribution in [0.3, 0.4) is 0 Å². The van der Waals surface area contributed by atoms with Crippen molar-refractivity contribution < 1.29 is 29.6 Å². The van der Waals surface area contributed by atoms with E-state index in [2.05, 4.69) is 11.7 Å². The first-order valence-corrected chi connectivity index (χ1v) is 6.16. The van der Waals surface area contributed by atoms with E-state index < -0.39 is 25.2 Å². The fourth-order valence-corrected chi connectivity index (χ4v) is 1.12. The van der Waals surface area contributed by atoms with E-state index in [0.717, 1.165) is 6.42 Å². The van der Waals surface area contributed by atoms with Crippen molar-refractivity contribution in [1.82, 2.24) is 0 Å². The molecule has 0 saturated heterocycles. The molecule has 0 spiro atoms. The Kier molecular flexibility index (Phi) is 25.4. The van der Waals surface area contributed by atoms with Crippen molar-refractivity contribution >= 4 is 41.5 Å². The minimum absolute atomic E-state index is 0. The number of carboxylic acids is 2. The third-order valence-electron chi connectivity index (χ3n) is 1.96. The molecule has 3 N–H and O–H groups in total. The molecule has 0 fully saturated rings.